The molecule has 0 unspecified atom stereocenters. The molecule has 16 heavy (non-hydrogen) atoms. The van der Waals surface area contributed by atoms with Gasteiger partial charge in [0.25, 0.3) is 0 Å². The van der Waals surface area contributed by atoms with Crippen molar-refractivity contribution < 1.29 is 51.0 Å². The van der Waals surface area contributed by atoms with E-state index >= 15 is 0 Å². The van der Waals surface area contributed by atoms with Gasteiger partial charge in [0.05, 0.1) is 0 Å². The maximum Gasteiger partial charge on any atom is 3.00 e. The van der Waals surface area contributed by atoms with Crippen molar-refractivity contribution in [2.24, 2.45) is 0 Å². The van der Waals surface area contributed by atoms with Gasteiger partial charge in [-0.3, -0.25) is 6.08 Å². The summed E-state index contributed by atoms with van der Waals surface area (Å²) in [6.45, 7) is 7.60. The van der Waals surface area contributed by atoms with Crippen molar-refractivity contribution in [2.75, 3.05) is 6.61 Å². The summed E-state index contributed by atoms with van der Waals surface area (Å²) in [7, 11) is -1.28. The van der Waals surface area contributed by atoms with E-state index < -0.39 is 8.32 Å². The molecule has 0 heterocycles. The Hall–Kier alpha value is 0.951. The Kier molecular flexibility index (Phi) is 15.3. The van der Waals surface area contributed by atoms with Crippen LogP contribution in [-0.2, 0) is 26.1 Å². The van der Waals surface area contributed by atoms with Crippen molar-refractivity contribution in [3.05, 3.63) is 23.8 Å². The third-order valence-corrected chi connectivity index (χ3v) is 2.96. The number of hydrogen-bond donors (Lipinski definition) is 0. The topological polar surface area (TPSA) is 9.23 Å². The summed E-state index contributed by atoms with van der Waals surface area (Å²) >= 11 is 0. The van der Waals surface area contributed by atoms with Crippen molar-refractivity contribution in [3.8, 4) is 0 Å². The largest absolute Gasteiger partial charge is 3.00 e. The first-order valence-corrected chi connectivity index (χ1v) is 8.39. The predicted octanol–water partition coefficient (Wildman–Crippen LogP) is -2.69. The van der Waals surface area contributed by atoms with Crippen molar-refractivity contribution in [1.82, 2.24) is 0 Å². The average molecular weight is 314 g/mol. The van der Waals surface area contributed by atoms with Crippen LogP contribution in [0.5, 0.6) is 0 Å². The van der Waals surface area contributed by atoms with Crippen LogP contribution in [-0.4, -0.2) is 14.9 Å². The minimum absolute atomic E-state index is 0. The quantitative estimate of drug-likeness (QED) is 0.305. The standard InChI is InChI=1S/C11H19OSi.2ClH.Ti/c1-13(2,3)12-10-6-9-11-7-4-5-8-11;;;/h4,7H,5-6,9-10H2,1-3H3;2*1H;/q-1;;;+3/p-2. The number of hydrogen-bond acceptors (Lipinski definition) is 1. The summed E-state index contributed by atoms with van der Waals surface area (Å²) < 4.78 is 5.76. The minimum atomic E-state index is -1.28. The fourth-order valence-electron chi connectivity index (χ4n) is 1.26. The molecule has 0 aromatic rings. The first-order chi connectivity index (χ1) is 6.08. The Balaban J connectivity index is -0.000000563. The molecular weight excluding hydrogens is 295 g/mol. The second kappa shape index (κ2) is 11.1. The molecule has 0 amide bonds. The van der Waals surface area contributed by atoms with Crippen molar-refractivity contribution in [1.29, 1.82) is 0 Å². The molecule has 0 aliphatic heterocycles. The van der Waals surface area contributed by atoms with Crippen LogP contribution in [0.1, 0.15) is 19.3 Å². The van der Waals surface area contributed by atoms with E-state index in [1.54, 1.807) is 0 Å². The third-order valence-electron chi connectivity index (χ3n) is 1.89. The van der Waals surface area contributed by atoms with E-state index in [-0.39, 0.29) is 46.5 Å². The van der Waals surface area contributed by atoms with Crippen LogP contribution in [0, 0.1) is 6.08 Å². The molecule has 0 fully saturated rings. The van der Waals surface area contributed by atoms with Gasteiger partial charge in [-0.1, -0.05) is 6.42 Å². The monoisotopic (exact) mass is 313 g/mol. The molecule has 1 rings (SSSR count). The zero-order chi connectivity index (χ0) is 9.73. The van der Waals surface area contributed by atoms with Crippen molar-refractivity contribution in [2.45, 2.75) is 38.9 Å². The fraction of sp³-hybridized carbons (Fsp3) is 0.636. The first-order valence-electron chi connectivity index (χ1n) is 4.98. The molecule has 0 aromatic carbocycles. The molecule has 0 atom stereocenters. The molecule has 1 aliphatic rings. The Bertz CT molecular complexity index is 225. The van der Waals surface area contributed by atoms with E-state index in [2.05, 4.69) is 37.9 Å². The Morgan fingerprint density at radius 3 is 2.38 bits per heavy atom. The maximum atomic E-state index is 5.76. The molecule has 0 saturated carbocycles. The van der Waals surface area contributed by atoms with E-state index in [1.165, 1.54) is 5.57 Å². The second-order valence-corrected chi connectivity index (χ2v) is 8.89. The normalized spacial score (nSPS) is 13.3. The Labute approximate surface area is 128 Å². The van der Waals surface area contributed by atoms with Gasteiger partial charge in [0.1, 0.15) is 0 Å². The molecular formula is C11H19Cl2OSiTi. The first kappa shape index (κ1) is 22.2. The Morgan fingerprint density at radius 2 is 1.94 bits per heavy atom. The van der Waals surface area contributed by atoms with Crippen LogP contribution in [0.2, 0.25) is 19.6 Å². The van der Waals surface area contributed by atoms with Gasteiger partial charge in [-0.05, 0) is 26.1 Å². The van der Waals surface area contributed by atoms with Gasteiger partial charge in [-0.2, -0.15) is 6.08 Å². The fourth-order valence-corrected chi connectivity index (χ4v) is 2.02. The van der Waals surface area contributed by atoms with Crippen LogP contribution in [0.15, 0.2) is 17.7 Å². The molecule has 0 saturated heterocycles. The van der Waals surface area contributed by atoms with Crippen LogP contribution < -0.4 is 24.8 Å². The number of halogens is 2. The summed E-state index contributed by atoms with van der Waals surface area (Å²) in [5.74, 6) is 0. The summed E-state index contributed by atoms with van der Waals surface area (Å²) in [6.07, 6.45) is 10.9. The zero-order valence-corrected chi connectivity index (χ0v) is 14.2. The van der Waals surface area contributed by atoms with Gasteiger partial charge in [0, 0.05) is 6.61 Å². The summed E-state index contributed by atoms with van der Waals surface area (Å²) in [5.41, 5.74) is 1.36. The molecule has 5 heteroatoms. The minimum Gasteiger partial charge on any atom is -1.00 e. The number of allylic oxidation sites excluding steroid dienone is 4. The molecule has 0 spiro atoms. The van der Waals surface area contributed by atoms with E-state index in [4.69, 9.17) is 4.43 Å². The maximum absolute atomic E-state index is 5.76. The van der Waals surface area contributed by atoms with Gasteiger partial charge in [-0.25, -0.2) is 11.6 Å². The number of rotatable bonds is 5. The molecule has 1 nitrogen and oxygen atoms in total. The van der Waals surface area contributed by atoms with Crippen molar-refractivity contribution >= 4 is 8.32 Å². The van der Waals surface area contributed by atoms with Crippen LogP contribution in [0.3, 0.4) is 0 Å². The molecule has 1 radical (unpaired) electrons. The molecule has 0 bridgehead atoms. The van der Waals surface area contributed by atoms with Crippen LogP contribution >= 0.6 is 0 Å². The third kappa shape index (κ3) is 11.4. The SMILES string of the molecule is C[Si](C)(C)OCCCC1=[C-]CC=C1.[Cl-].[Cl-].[Ti+3]. The van der Waals surface area contributed by atoms with Gasteiger partial charge in [-0.15, -0.1) is 6.42 Å². The summed E-state index contributed by atoms with van der Waals surface area (Å²) in [4.78, 5) is 0. The van der Waals surface area contributed by atoms with Gasteiger partial charge < -0.3 is 29.2 Å². The van der Waals surface area contributed by atoms with Crippen LogP contribution in [0.25, 0.3) is 0 Å². The molecule has 0 aromatic heterocycles. The van der Waals surface area contributed by atoms with Crippen molar-refractivity contribution in [3.63, 3.8) is 0 Å². The van der Waals surface area contributed by atoms with Gasteiger partial charge >= 0.3 is 21.7 Å². The molecule has 91 valence electrons. The Morgan fingerprint density at radius 1 is 1.31 bits per heavy atom. The van der Waals surface area contributed by atoms with Gasteiger partial charge in [0.2, 0.25) is 0 Å². The summed E-state index contributed by atoms with van der Waals surface area (Å²) in [6, 6.07) is 0. The summed E-state index contributed by atoms with van der Waals surface area (Å²) in [5, 5.41) is 0. The van der Waals surface area contributed by atoms with E-state index in [0.29, 0.717) is 0 Å². The molecule has 0 N–H and O–H groups in total. The van der Waals surface area contributed by atoms with Crippen LogP contribution in [0.4, 0.5) is 0 Å². The van der Waals surface area contributed by atoms with E-state index in [9.17, 15) is 0 Å². The predicted molar refractivity (Wildman–Crippen MR) is 59.0 cm³/mol. The second-order valence-electron chi connectivity index (χ2n) is 4.37. The molecule has 1 aliphatic carbocycles. The smallest absolute Gasteiger partial charge is 1.00 e. The van der Waals surface area contributed by atoms with E-state index in [0.717, 1.165) is 25.9 Å². The average Bonchev–Trinajstić information content (AvgIpc) is 2.48. The zero-order valence-electron chi connectivity index (χ0n) is 10.1. The van der Waals surface area contributed by atoms with E-state index in [1.807, 2.05) is 0 Å². The van der Waals surface area contributed by atoms with Gasteiger partial charge in [0.15, 0.2) is 8.32 Å².